The summed E-state index contributed by atoms with van der Waals surface area (Å²) in [6, 6.07) is 4.57. The Morgan fingerprint density at radius 1 is 1.05 bits per heavy atom. The number of hydrogen-bond acceptors (Lipinski definition) is 7. The van der Waals surface area contributed by atoms with Gasteiger partial charge in [-0.1, -0.05) is 12.6 Å². The number of carbonyl (C=O) groups excluding carboxylic acids is 1. The van der Waals surface area contributed by atoms with Crippen molar-refractivity contribution in [1.82, 2.24) is 25.1 Å². The highest BCUT2D eigenvalue weighted by molar-refractivity contribution is 5.97. The summed E-state index contributed by atoms with van der Waals surface area (Å²) in [4.78, 5) is 30.7. The Hall–Kier alpha value is -3.98. The summed E-state index contributed by atoms with van der Waals surface area (Å²) in [5.74, 6) is 0.891. The predicted molar refractivity (Wildman–Crippen MR) is 168 cm³/mol. The smallest absolute Gasteiger partial charge is 0.246 e. The number of benzene rings is 2. The van der Waals surface area contributed by atoms with Crippen LogP contribution in [0, 0.1) is 26.6 Å². The zero-order valence-corrected chi connectivity index (χ0v) is 25.5. The Bertz CT molecular complexity index is 1630. The summed E-state index contributed by atoms with van der Waals surface area (Å²) in [5, 5.41) is 4.01. The molecule has 0 radical (unpaired) electrons. The summed E-state index contributed by atoms with van der Waals surface area (Å²) >= 11 is 0. The number of hydrogen-bond donors (Lipinski definition) is 1. The summed E-state index contributed by atoms with van der Waals surface area (Å²) in [6.07, 6.45) is 5.37. The van der Waals surface area contributed by atoms with Gasteiger partial charge in [0.25, 0.3) is 0 Å². The average Bonchev–Trinajstić information content (AvgIpc) is 2.93. The number of halogens is 1. The van der Waals surface area contributed by atoms with Crippen molar-refractivity contribution in [3.05, 3.63) is 64.6 Å². The van der Waals surface area contributed by atoms with Crippen molar-refractivity contribution in [3.8, 4) is 11.1 Å². The van der Waals surface area contributed by atoms with Gasteiger partial charge in [0.15, 0.2) is 5.82 Å². The molecular weight excluding hydrogens is 529 g/mol. The van der Waals surface area contributed by atoms with Crippen LogP contribution in [0.1, 0.15) is 34.7 Å². The van der Waals surface area contributed by atoms with Gasteiger partial charge < -0.3 is 24.9 Å². The molecule has 1 aromatic heterocycles. The number of amides is 1. The normalized spacial score (nSPS) is 18.8. The Morgan fingerprint density at radius 3 is 2.48 bits per heavy atom. The maximum atomic E-state index is 17.0. The van der Waals surface area contributed by atoms with Crippen LogP contribution >= 0.6 is 0 Å². The third kappa shape index (κ3) is 4.60. The molecule has 0 bridgehead atoms. The first-order valence-electron chi connectivity index (χ1n) is 14.7. The summed E-state index contributed by atoms with van der Waals surface area (Å²) < 4.78 is 17.0. The number of anilines is 2. The van der Waals surface area contributed by atoms with E-state index in [2.05, 4.69) is 66.7 Å². The van der Waals surface area contributed by atoms with E-state index in [0.717, 1.165) is 47.7 Å². The highest BCUT2D eigenvalue weighted by atomic mass is 19.1. The van der Waals surface area contributed by atoms with E-state index in [1.54, 1.807) is 0 Å². The van der Waals surface area contributed by atoms with Gasteiger partial charge in [-0.3, -0.25) is 4.79 Å². The second-order valence-corrected chi connectivity index (χ2v) is 12.2. The van der Waals surface area contributed by atoms with Crippen LogP contribution < -0.4 is 15.1 Å². The van der Waals surface area contributed by atoms with Gasteiger partial charge in [-0.15, -0.1) is 0 Å². The van der Waals surface area contributed by atoms with Gasteiger partial charge in [0.2, 0.25) is 11.9 Å². The second-order valence-electron chi connectivity index (χ2n) is 12.2. The fraction of sp³-hybridized carbons (Fsp3) is 0.424. The first-order valence-corrected chi connectivity index (χ1v) is 14.7. The van der Waals surface area contributed by atoms with Gasteiger partial charge in [0.05, 0.1) is 0 Å². The Morgan fingerprint density at radius 2 is 1.79 bits per heavy atom. The first kappa shape index (κ1) is 28.2. The molecule has 1 atom stereocenters. The molecule has 6 rings (SSSR count). The lowest BCUT2D eigenvalue weighted by molar-refractivity contribution is -0.128. The standard InChI is InChI=1S/C33H40FN7O/c1-8-27(42)41-12-11-39(16-22(41)5)32-25-14-21(4)29(28-20(3)13-19(2)26-15-35-10-9-24(26)28)30(34)31(25)36-33(37-32)40-17-23(18-40)38(6)7/h8-10,13-14,22-23,35H,1,11-12,15-18H2,2-7H3/t22-/m1/s1. The van der Waals surface area contributed by atoms with Gasteiger partial charge >= 0.3 is 0 Å². The average molecular weight is 570 g/mol. The minimum Gasteiger partial charge on any atom is -0.387 e. The monoisotopic (exact) mass is 569 g/mol. The molecule has 2 saturated heterocycles. The van der Waals surface area contributed by atoms with E-state index < -0.39 is 0 Å². The molecule has 3 aliphatic heterocycles. The number of carbonyl (C=O) groups is 1. The molecule has 0 saturated carbocycles. The quantitative estimate of drug-likeness (QED) is 0.457. The molecule has 8 nitrogen and oxygen atoms in total. The molecule has 4 heterocycles. The summed E-state index contributed by atoms with van der Waals surface area (Å²) in [6.45, 7) is 15.9. The molecule has 0 unspecified atom stereocenters. The molecule has 2 aromatic carbocycles. The molecule has 9 heteroatoms. The van der Waals surface area contributed by atoms with Crippen LogP contribution in [-0.4, -0.2) is 84.6 Å². The van der Waals surface area contributed by atoms with Gasteiger partial charge in [-0.25, -0.2) is 9.37 Å². The molecule has 2 fully saturated rings. The number of aromatic nitrogens is 2. The molecule has 1 N–H and O–H groups in total. The van der Waals surface area contributed by atoms with Crippen LogP contribution in [0.4, 0.5) is 16.2 Å². The number of likely N-dealkylation sites (N-methyl/N-ethyl adjacent to an activating group) is 1. The van der Waals surface area contributed by atoms with Crippen LogP contribution in [0.15, 0.2) is 31.0 Å². The molecular formula is C33H40FN7O. The number of rotatable bonds is 5. The molecule has 0 spiro atoms. The van der Waals surface area contributed by atoms with Gasteiger partial charge in [-0.2, -0.15) is 4.98 Å². The fourth-order valence-corrected chi connectivity index (χ4v) is 6.67. The van der Waals surface area contributed by atoms with E-state index in [1.165, 1.54) is 17.2 Å². The Balaban J connectivity index is 1.52. The minimum atomic E-state index is -0.311. The predicted octanol–water partition coefficient (Wildman–Crippen LogP) is 4.41. The van der Waals surface area contributed by atoms with Crippen molar-refractivity contribution >= 4 is 34.7 Å². The van der Waals surface area contributed by atoms with Crippen molar-refractivity contribution in [3.63, 3.8) is 0 Å². The van der Waals surface area contributed by atoms with Gasteiger partial charge in [0.1, 0.15) is 11.3 Å². The van der Waals surface area contributed by atoms with Gasteiger partial charge in [-0.05, 0) is 99.6 Å². The van der Waals surface area contributed by atoms with Crippen LogP contribution in [0.3, 0.4) is 0 Å². The van der Waals surface area contributed by atoms with Gasteiger partial charge in [0, 0.05) is 62.3 Å². The van der Waals surface area contributed by atoms with E-state index in [1.807, 2.05) is 31.0 Å². The number of fused-ring (bicyclic) bond motifs is 2. The maximum absolute atomic E-state index is 17.0. The topological polar surface area (TPSA) is 67.8 Å². The molecule has 220 valence electrons. The van der Waals surface area contributed by atoms with E-state index in [4.69, 9.17) is 9.97 Å². The highest BCUT2D eigenvalue weighted by Crippen LogP contribution is 2.41. The lowest BCUT2D eigenvalue weighted by Gasteiger charge is -2.43. The molecule has 0 aliphatic carbocycles. The zero-order chi connectivity index (χ0) is 29.9. The number of aryl methyl sites for hydroxylation is 3. The highest BCUT2D eigenvalue weighted by Gasteiger charge is 2.34. The number of nitrogens with zero attached hydrogens (tertiary/aromatic N) is 6. The van der Waals surface area contributed by atoms with E-state index in [-0.39, 0.29) is 17.8 Å². The summed E-state index contributed by atoms with van der Waals surface area (Å²) in [5.41, 5.74) is 7.22. The van der Waals surface area contributed by atoms with Crippen molar-refractivity contribution < 1.29 is 9.18 Å². The van der Waals surface area contributed by atoms with Crippen LogP contribution in [0.5, 0.6) is 0 Å². The number of piperazine rings is 1. The maximum Gasteiger partial charge on any atom is 0.246 e. The number of nitrogens with one attached hydrogen (secondary N) is 1. The SMILES string of the molecule is C=CC(=O)N1CCN(c2nc(N3CC(N(C)C)C3)nc3c(F)c(-c4c(C)cc(C)c5c4C=CNC5)c(C)cc23)C[C@H]1C. The van der Waals surface area contributed by atoms with Crippen LogP contribution in [-0.2, 0) is 11.3 Å². The second kappa shape index (κ2) is 10.7. The lowest BCUT2D eigenvalue weighted by Crippen LogP contribution is -2.58. The van der Waals surface area contributed by atoms with Crippen LogP contribution in [0.25, 0.3) is 28.1 Å². The van der Waals surface area contributed by atoms with E-state index >= 15 is 4.39 Å². The minimum absolute atomic E-state index is 0.0350. The molecule has 3 aliphatic rings. The van der Waals surface area contributed by atoms with Crippen molar-refractivity contribution in [1.29, 1.82) is 0 Å². The summed E-state index contributed by atoms with van der Waals surface area (Å²) in [7, 11) is 4.15. The largest absolute Gasteiger partial charge is 0.387 e. The Kier molecular flexibility index (Phi) is 7.17. The van der Waals surface area contributed by atoms with Crippen molar-refractivity contribution in [2.24, 2.45) is 0 Å². The molecule has 42 heavy (non-hydrogen) atoms. The molecule has 3 aromatic rings. The van der Waals surface area contributed by atoms with Crippen molar-refractivity contribution in [2.45, 2.75) is 46.3 Å². The van der Waals surface area contributed by atoms with E-state index in [0.29, 0.717) is 48.1 Å². The third-order valence-corrected chi connectivity index (χ3v) is 9.15. The molecule has 1 amide bonds. The lowest BCUT2D eigenvalue weighted by atomic mass is 9.85. The van der Waals surface area contributed by atoms with Crippen LogP contribution in [0.2, 0.25) is 0 Å². The van der Waals surface area contributed by atoms with E-state index in [9.17, 15) is 4.79 Å². The van der Waals surface area contributed by atoms with Crippen molar-refractivity contribution in [2.75, 3.05) is 56.6 Å². The first-order chi connectivity index (χ1) is 20.1. The fourth-order valence-electron chi connectivity index (χ4n) is 6.67. The Labute approximate surface area is 247 Å². The third-order valence-electron chi connectivity index (χ3n) is 9.15. The zero-order valence-electron chi connectivity index (χ0n) is 25.5.